The highest BCUT2D eigenvalue weighted by Gasteiger charge is 2.35. The zero-order valence-corrected chi connectivity index (χ0v) is 17.7. The Bertz CT molecular complexity index is 949. The van der Waals surface area contributed by atoms with Gasteiger partial charge in [-0.25, -0.2) is 9.18 Å². The van der Waals surface area contributed by atoms with E-state index in [0.717, 1.165) is 30.6 Å². The first-order chi connectivity index (χ1) is 14.2. The fraction of sp³-hybridized carbons (Fsp3) is 0.478. The molecule has 1 fully saturated rings. The molecule has 30 heavy (non-hydrogen) atoms. The second-order valence-electron chi connectivity index (χ2n) is 9.08. The summed E-state index contributed by atoms with van der Waals surface area (Å²) in [6.07, 6.45) is 3.97. The van der Waals surface area contributed by atoms with Gasteiger partial charge in [0.05, 0.1) is 11.9 Å². The van der Waals surface area contributed by atoms with Crippen LogP contribution in [-0.2, 0) is 11.2 Å². The fourth-order valence-corrected chi connectivity index (χ4v) is 4.10. The van der Waals surface area contributed by atoms with Crippen LogP contribution in [0.5, 0.6) is 5.75 Å². The van der Waals surface area contributed by atoms with E-state index in [0.29, 0.717) is 36.0 Å². The van der Waals surface area contributed by atoms with Crippen molar-refractivity contribution in [3.63, 3.8) is 0 Å². The fourth-order valence-electron chi connectivity index (χ4n) is 4.10. The minimum absolute atomic E-state index is 0.0501. The lowest BCUT2D eigenvalue weighted by molar-refractivity contribution is 0.0123. The van der Waals surface area contributed by atoms with Crippen molar-refractivity contribution in [2.45, 2.75) is 51.7 Å². The number of carbonyl (C=O) groups is 1. The summed E-state index contributed by atoms with van der Waals surface area (Å²) in [5.41, 5.74) is 7.59. The summed E-state index contributed by atoms with van der Waals surface area (Å²) < 4.78 is 25.9. The molecule has 2 aromatic rings. The van der Waals surface area contributed by atoms with Gasteiger partial charge in [0.2, 0.25) is 0 Å². The smallest absolute Gasteiger partial charge is 0.410 e. The summed E-state index contributed by atoms with van der Waals surface area (Å²) >= 11 is 0. The molecule has 4 rings (SSSR count). The first-order valence-electron chi connectivity index (χ1n) is 10.4. The molecule has 0 bridgehead atoms. The Kier molecular flexibility index (Phi) is 5.30. The summed E-state index contributed by atoms with van der Waals surface area (Å²) in [4.78, 5) is 18.4. The second kappa shape index (κ2) is 7.78. The molecule has 0 aliphatic carbocycles. The van der Waals surface area contributed by atoms with Gasteiger partial charge in [0, 0.05) is 36.3 Å². The Morgan fingerprint density at radius 3 is 2.67 bits per heavy atom. The van der Waals surface area contributed by atoms with E-state index in [9.17, 15) is 9.18 Å². The molecule has 1 aromatic heterocycles. The van der Waals surface area contributed by atoms with Crippen molar-refractivity contribution in [2.24, 2.45) is 5.92 Å². The van der Waals surface area contributed by atoms with Crippen molar-refractivity contribution in [2.75, 3.05) is 18.8 Å². The third kappa shape index (κ3) is 4.35. The maximum Gasteiger partial charge on any atom is 0.410 e. The van der Waals surface area contributed by atoms with Gasteiger partial charge in [-0.3, -0.25) is 4.98 Å². The molecule has 2 aliphatic heterocycles. The number of halogens is 1. The predicted octanol–water partition coefficient (Wildman–Crippen LogP) is 4.42. The van der Waals surface area contributed by atoms with Gasteiger partial charge in [0.25, 0.3) is 0 Å². The lowest BCUT2D eigenvalue weighted by Gasteiger charge is -2.35. The number of ether oxygens (including phenoxy) is 2. The number of hydrogen-bond acceptors (Lipinski definition) is 5. The average Bonchev–Trinajstić information content (AvgIpc) is 3.10. The number of fused-ring (bicyclic) bond motifs is 1. The Morgan fingerprint density at radius 1 is 1.27 bits per heavy atom. The topological polar surface area (TPSA) is 77.7 Å². The van der Waals surface area contributed by atoms with Crippen LogP contribution in [0.2, 0.25) is 0 Å². The van der Waals surface area contributed by atoms with Gasteiger partial charge >= 0.3 is 6.09 Å². The number of anilines is 1. The third-order valence-electron chi connectivity index (χ3n) is 5.63. The summed E-state index contributed by atoms with van der Waals surface area (Å²) in [6, 6.07) is 6.53. The highest BCUT2D eigenvalue weighted by molar-refractivity contribution is 5.68. The number of amides is 1. The summed E-state index contributed by atoms with van der Waals surface area (Å²) in [5.74, 6) is 0.731. The molecular weight excluding hydrogens is 385 g/mol. The minimum Gasteiger partial charge on any atom is -0.488 e. The quantitative estimate of drug-likeness (QED) is 0.738. The monoisotopic (exact) mass is 413 g/mol. The number of nitrogens with zero attached hydrogens (tertiary/aromatic N) is 2. The Morgan fingerprint density at radius 2 is 2.00 bits per heavy atom. The number of benzene rings is 1. The number of nitrogens with two attached hydrogens (primary N) is 1. The third-order valence-corrected chi connectivity index (χ3v) is 5.63. The van der Waals surface area contributed by atoms with Crippen molar-refractivity contribution in [3.8, 4) is 17.0 Å². The first-order valence-corrected chi connectivity index (χ1v) is 10.4. The first kappa shape index (κ1) is 20.4. The minimum atomic E-state index is -0.487. The molecule has 2 N–H and O–H groups in total. The molecule has 7 heteroatoms. The van der Waals surface area contributed by atoms with E-state index < -0.39 is 5.60 Å². The molecule has 1 atom stereocenters. The van der Waals surface area contributed by atoms with Gasteiger partial charge in [-0.1, -0.05) is 0 Å². The molecule has 1 aromatic carbocycles. The van der Waals surface area contributed by atoms with E-state index >= 15 is 0 Å². The van der Waals surface area contributed by atoms with E-state index in [4.69, 9.17) is 15.2 Å². The van der Waals surface area contributed by atoms with E-state index in [1.807, 2.05) is 26.8 Å². The Labute approximate surface area is 176 Å². The van der Waals surface area contributed by atoms with Crippen LogP contribution in [0, 0.1) is 11.7 Å². The number of carbonyl (C=O) groups excluding carboxylic acids is 1. The van der Waals surface area contributed by atoms with Crippen molar-refractivity contribution in [1.82, 2.24) is 9.88 Å². The summed E-state index contributed by atoms with van der Waals surface area (Å²) in [7, 11) is 0. The summed E-state index contributed by atoms with van der Waals surface area (Å²) in [5, 5.41) is 0. The standard InChI is InChI=1S/C23H28FN3O3/c1-23(2,3)30-22(28)27-8-6-14(7-9-27)20-11-15-10-19(26-13-21(15)29-20)17-5-4-16(25)12-18(17)24/h4-5,10,12-14,20H,6-9,11,25H2,1-3H3. The maximum absolute atomic E-state index is 14.3. The van der Waals surface area contributed by atoms with E-state index in [-0.39, 0.29) is 18.0 Å². The maximum atomic E-state index is 14.3. The number of aromatic nitrogens is 1. The van der Waals surface area contributed by atoms with E-state index in [1.54, 1.807) is 23.2 Å². The van der Waals surface area contributed by atoms with Crippen molar-refractivity contribution in [1.29, 1.82) is 0 Å². The predicted molar refractivity (Wildman–Crippen MR) is 113 cm³/mol. The van der Waals surface area contributed by atoms with Gasteiger partial charge in [0.15, 0.2) is 0 Å². The van der Waals surface area contributed by atoms with Crippen LogP contribution in [0.1, 0.15) is 39.2 Å². The van der Waals surface area contributed by atoms with Crippen LogP contribution >= 0.6 is 0 Å². The zero-order valence-electron chi connectivity index (χ0n) is 17.7. The van der Waals surface area contributed by atoms with Gasteiger partial charge in [-0.05, 0) is 63.8 Å². The average molecular weight is 413 g/mol. The van der Waals surface area contributed by atoms with Crippen molar-refractivity contribution in [3.05, 3.63) is 41.8 Å². The highest BCUT2D eigenvalue weighted by Crippen LogP contribution is 2.37. The van der Waals surface area contributed by atoms with Gasteiger partial charge in [-0.2, -0.15) is 0 Å². The zero-order chi connectivity index (χ0) is 21.5. The van der Waals surface area contributed by atoms with Crippen LogP contribution < -0.4 is 10.5 Å². The molecule has 0 saturated carbocycles. The summed E-state index contributed by atoms with van der Waals surface area (Å²) in [6.45, 7) is 6.95. The van der Waals surface area contributed by atoms with Crippen LogP contribution in [0.15, 0.2) is 30.5 Å². The molecule has 0 radical (unpaired) electrons. The second-order valence-corrected chi connectivity index (χ2v) is 9.08. The number of pyridine rings is 1. The number of likely N-dealkylation sites (tertiary alicyclic amines) is 1. The SMILES string of the molecule is CC(C)(C)OC(=O)N1CCC(C2Cc3cc(-c4ccc(N)cc4F)ncc3O2)CC1. The number of hydrogen-bond donors (Lipinski definition) is 1. The Balaban J connectivity index is 1.39. The van der Waals surface area contributed by atoms with Crippen LogP contribution in [-0.4, -0.2) is 40.8 Å². The normalized spacial score (nSPS) is 19.3. The lowest BCUT2D eigenvalue weighted by Crippen LogP contribution is -2.44. The molecule has 6 nitrogen and oxygen atoms in total. The molecule has 1 saturated heterocycles. The van der Waals surface area contributed by atoms with Crippen LogP contribution in [0.3, 0.4) is 0 Å². The van der Waals surface area contributed by atoms with Crippen LogP contribution in [0.4, 0.5) is 14.9 Å². The van der Waals surface area contributed by atoms with E-state index in [1.165, 1.54) is 6.07 Å². The van der Waals surface area contributed by atoms with E-state index in [2.05, 4.69) is 4.98 Å². The molecule has 1 amide bonds. The molecule has 0 spiro atoms. The highest BCUT2D eigenvalue weighted by atomic mass is 19.1. The molecule has 160 valence electrons. The lowest BCUT2D eigenvalue weighted by atomic mass is 9.89. The number of nitrogen functional groups attached to an aromatic ring is 1. The van der Waals surface area contributed by atoms with Crippen molar-refractivity contribution < 1.29 is 18.7 Å². The van der Waals surface area contributed by atoms with Crippen LogP contribution in [0.25, 0.3) is 11.3 Å². The molecule has 3 heterocycles. The number of piperidine rings is 1. The Hall–Kier alpha value is -2.83. The van der Waals surface area contributed by atoms with Gasteiger partial charge < -0.3 is 20.1 Å². The van der Waals surface area contributed by atoms with Gasteiger partial charge in [0.1, 0.15) is 23.3 Å². The van der Waals surface area contributed by atoms with Crippen molar-refractivity contribution >= 4 is 11.8 Å². The molecule has 2 aliphatic rings. The molecule has 1 unspecified atom stereocenters. The number of rotatable bonds is 2. The molecular formula is C23H28FN3O3. The largest absolute Gasteiger partial charge is 0.488 e. The van der Waals surface area contributed by atoms with Gasteiger partial charge in [-0.15, -0.1) is 0 Å².